The quantitative estimate of drug-likeness (QED) is 0.865. The van der Waals surface area contributed by atoms with Crippen molar-refractivity contribution >= 4 is 10.9 Å². The molecule has 0 spiro atoms. The minimum absolute atomic E-state index is 0.477. The Morgan fingerprint density at radius 2 is 2.11 bits per heavy atom. The van der Waals surface area contributed by atoms with Crippen LogP contribution in [0.5, 0.6) is 0 Å². The van der Waals surface area contributed by atoms with Gasteiger partial charge >= 0.3 is 0 Å². The molecule has 1 aromatic heterocycles. The fourth-order valence-corrected chi connectivity index (χ4v) is 2.75. The smallest absolute Gasteiger partial charge is 0.0489 e. The summed E-state index contributed by atoms with van der Waals surface area (Å²) in [6.45, 7) is 6.02. The third-order valence-corrected chi connectivity index (χ3v) is 3.96. The lowest BCUT2D eigenvalue weighted by Crippen LogP contribution is -2.15. The van der Waals surface area contributed by atoms with Gasteiger partial charge in [-0.2, -0.15) is 0 Å². The lowest BCUT2D eigenvalue weighted by Gasteiger charge is -2.09. The highest BCUT2D eigenvalue weighted by atomic mass is 15.0. The second-order valence-corrected chi connectivity index (χ2v) is 5.83. The number of nitrogens with zero attached hydrogens (tertiary/aromatic N) is 1. The maximum absolute atomic E-state index is 5.91. The van der Waals surface area contributed by atoms with E-state index in [2.05, 4.69) is 48.1 Å². The maximum Gasteiger partial charge on any atom is 0.0489 e. The average molecular weight is 257 g/mol. The molecule has 0 aliphatic heterocycles. The summed E-state index contributed by atoms with van der Waals surface area (Å²) in [7, 11) is 0. The predicted octanol–water partition coefficient (Wildman–Crippen LogP) is 2.93. The van der Waals surface area contributed by atoms with E-state index in [9.17, 15) is 0 Å². The molecular weight excluding hydrogens is 234 g/mol. The molecule has 3 rings (SSSR count). The molecule has 1 aliphatic rings. The van der Waals surface area contributed by atoms with Crippen LogP contribution in [0.25, 0.3) is 10.9 Å². The lowest BCUT2D eigenvalue weighted by atomic mass is 10.1. The van der Waals surface area contributed by atoms with Crippen molar-refractivity contribution in [2.75, 3.05) is 0 Å². The van der Waals surface area contributed by atoms with Gasteiger partial charge in [0.25, 0.3) is 0 Å². The molecule has 3 N–H and O–H groups in total. The molecule has 0 amide bonds. The van der Waals surface area contributed by atoms with Gasteiger partial charge in [-0.05, 0) is 43.9 Å². The Labute approximate surface area is 114 Å². The Morgan fingerprint density at radius 3 is 2.74 bits per heavy atom. The molecule has 1 aliphatic carbocycles. The summed E-state index contributed by atoms with van der Waals surface area (Å²) in [4.78, 5) is 0. The van der Waals surface area contributed by atoms with E-state index in [0.717, 1.165) is 12.6 Å². The highest BCUT2D eigenvalue weighted by Crippen LogP contribution is 2.29. The van der Waals surface area contributed by atoms with Gasteiger partial charge in [0.05, 0.1) is 0 Å². The molecule has 1 saturated carbocycles. The van der Waals surface area contributed by atoms with Crippen molar-refractivity contribution in [1.82, 2.24) is 9.88 Å². The normalized spacial score (nSPS) is 15.6. The number of fused-ring (bicyclic) bond motifs is 1. The Hall–Kier alpha value is -1.32. The molecule has 0 bridgehead atoms. The fraction of sp³-hybridized carbons (Fsp3) is 0.500. The molecule has 1 fully saturated rings. The summed E-state index contributed by atoms with van der Waals surface area (Å²) in [6, 6.07) is 7.68. The molecule has 3 nitrogen and oxygen atoms in total. The van der Waals surface area contributed by atoms with Crippen LogP contribution < -0.4 is 11.1 Å². The summed E-state index contributed by atoms with van der Waals surface area (Å²) in [5.74, 6) is 0. The average Bonchev–Trinajstić information content (AvgIpc) is 3.16. The monoisotopic (exact) mass is 257 g/mol. The highest BCUT2D eigenvalue weighted by molar-refractivity contribution is 5.87. The predicted molar refractivity (Wildman–Crippen MR) is 80.1 cm³/mol. The van der Waals surface area contributed by atoms with Crippen molar-refractivity contribution in [3.05, 3.63) is 35.5 Å². The Balaban J connectivity index is 2.07. The molecule has 1 heterocycles. The minimum Gasteiger partial charge on any atom is -0.345 e. The zero-order valence-corrected chi connectivity index (χ0v) is 11.8. The van der Waals surface area contributed by atoms with Gasteiger partial charge in [0, 0.05) is 42.3 Å². The van der Waals surface area contributed by atoms with Gasteiger partial charge in [0.2, 0.25) is 0 Å². The van der Waals surface area contributed by atoms with E-state index in [-0.39, 0.29) is 0 Å². The number of benzene rings is 1. The Kier molecular flexibility index (Phi) is 3.33. The molecule has 1 aromatic carbocycles. The molecule has 19 heavy (non-hydrogen) atoms. The van der Waals surface area contributed by atoms with Gasteiger partial charge in [-0.25, -0.2) is 0 Å². The second kappa shape index (κ2) is 4.99. The number of rotatable bonds is 5. The Bertz CT molecular complexity index is 579. The summed E-state index contributed by atoms with van der Waals surface area (Å²) in [5.41, 5.74) is 9.86. The van der Waals surface area contributed by atoms with Crippen LogP contribution >= 0.6 is 0 Å². The second-order valence-electron chi connectivity index (χ2n) is 5.83. The summed E-state index contributed by atoms with van der Waals surface area (Å²) in [5, 5.41) is 4.97. The van der Waals surface area contributed by atoms with Crippen LogP contribution in [-0.2, 0) is 13.1 Å². The van der Waals surface area contributed by atoms with Crippen LogP contribution in [0.1, 0.15) is 43.9 Å². The molecule has 102 valence electrons. The number of nitrogens with one attached hydrogen (secondary N) is 1. The third kappa shape index (κ3) is 2.40. The summed E-state index contributed by atoms with van der Waals surface area (Å²) < 4.78 is 2.36. The van der Waals surface area contributed by atoms with Gasteiger partial charge < -0.3 is 15.6 Å². The number of aromatic nitrogens is 1. The first kappa shape index (κ1) is 12.7. The standard InChI is InChI=1S/C16H23N3/c1-11(2)19-10-13(9-18-14-6-7-14)16-12(8-17)4-3-5-15(16)19/h3-5,10-11,14,18H,6-9,17H2,1-2H3. The van der Waals surface area contributed by atoms with Crippen LogP contribution in [0.3, 0.4) is 0 Å². The Morgan fingerprint density at radius 1 is 1.32 bits per heavy atom. The van der Waals surface area contributed by atoms with Gasteiger partial charge in [-0.15, -0.1) is 0 Å². The van der Waals surface area contributed by atoms with Crippen molar-refractivity contribution < 1.29 is 0 Å². The van der Waals surface area contributed by atoms with E-state index in [1.165, 1.54) is 34.9 Å². The van der Waals surface area contributed by atoms with E-state index in [1.807, 2.05) is 0 Å². The number of hydrogen-bond acceptors (Lipinski definition) is 2. The van der Waals surface area contributed by atoms with Crippen LogP contribution in [0.4, 0.5) is 0 Å². The van der Waals surface area contributed by atoms with Crippen molar-refractivity contribution in [2.24, 2.45) is 5.73 Å². The zero-order valence-electron chi connectivity index (χ0n) is 11.8. The van der Waals surface area contributed by atoms with Crippen LogP contribution in [0, 0.1) is 0 Å². The van der Waals surface area contributed by atoms with E-state index < -0.39 is 0 Å². The van der Waals surface area contributed by atoms with Crippen LogP contribution in [0.15, 0.2) is 24.4 Å². The molecule has 0 atom stereocenters. The minimum atomic E-state index is 0.477. The van der Waals surface area contributed by atoms with E-state index in [4.69, 9.17) is 5.73 Å². The fourth-order valence-electron chi connectivity index (χ4n) is 2.75. The topological polar surface area (TPSA) is 43.0 Å². The molecular formula is C16H23N3. The van der Waals surface area contributed by atoms with Crippen molar-refractivity contribution in [3.63, 3.8) is 0 Å². The first-order valence-corrected chi connectivity index (χ1v) is 7.25. The maximum atomic E-state index is 5.91. The summed E-state index contributed by atoms with van der Waals surface area (Å²) in [6.07, 6.45) is 4.95. The summed E-state index contributed by atoms with van der Waals surface area (Å²) >= 11 is 0. The number of hydrogen-bond donors (Lipinski definition) is 2. The van der Waals surface area contributed by atoms with Gasteiger partial charge in [0.1, 0.15) is 0 Å². The van der Waals surface area contributed by atoms with Gasteiger partial charge in [0.15, 0.2) is 0 Å². The molecule has 0 saturated heterocycles. The van der Waals surface area contributed by atoms with E-state index >= 15 is 0 Å². The van der Waals surface area contributed by atoms with Crippen molar-refractivity contribution in [3.8, 4) is 0 Å². The molecule has 3 heteroatoms. The highest BCUT2D eigenvalue weighted by Gasteiger charge is 2.21. The molecule has 2 aromatic rings. The van der Waals surface area contributed by atoms with Gasteiger partial charge in [-0.1, -0.05) is 12.1 Å². The first-order valence-electron chi connectivity index (χ1n) is 7.25. The number of nitrogens with two attached hydrogens (primary N) is 1. The lowest BCUT2D eigenvalue weighted by molar-refractivity contribution is 0.616. The van der Waals surface area contributed by atoms with Crippen molar-refractivity contribution in [1.29, 1.82) is 0 Å². The third-order valence-electron chi connectivity index (χ3n) is 3.96. The zero-order chi connectivity index (χ0) is 13.4. The molecule has 0 unspecified atom stereocenters. The van der Waals surface area contributed by atoms with Gasteiger partial charge in [-0.3, -0.25) is 0 Å². The van der Waals surface area contributed by atoms with E-state index in [1.54, 1.807) is 0 Å². The van der Waals surface area contributed by atoms with E-state index in [0.29, 0.717) is 12.6 Å². The largest absolute Gasteiger partial charge is 0.345 e. The van der Waals surface area contributed by atoms with Crippen LogP contribution in [-0.4, -0.2) is 10.6 Å². The SMILES string of the molecule is CC(C)n1cc(CNC2CC2)c2c(CN)cccc21. The molecule has 0 radical (unpaired) electrons. The first-order chi connectivity index (χ1) is 9.20. The van der Waals surface area contributed by atoms with Crippen LogP contribution in [0.2, 0.25) is 0 Å². The van der Waals surface area contributed by atoms with Crippen molar-refractivity contribution in [2.45, 2.75) is 51.9 Å².